The van der Waals surface area contributed by atoms with E-state index in [2.05, 4.69) is 5.32 Å². The van der Waals surface area contributed by atoms with Gasteiger partial charge < -0.3 is 5.32 Å². The largest absolute Gasteiger partial charge is 0.356 e. The summed E-state index contributed by atoms with van der Waals surface area (Å²) in [6.07, 6.45) is 0.747. The lowest BCUT2D eigenvalue weighted by atomic mass is 9.97. The van der Waals surface area contributed by atoms with Crippen molar-refractivity contribution in [1.82, 2.24) is 5.32 Å². The van der Waals surface area contributed by atoms with Gasteiger partial charge in [-0.25, -0.2) is 21.6 Å². The number of benzene rings is 4. The van der Waals surface area contributed by atoms with Gasteiger partial charge >= 0.3 is 0 Å². The molecular formula is C31H28ClF3N2O3S. The van der Waals surface area contributed by atoms with Crippen molar-refractivity contribution in [3.05, 3.63) is 130 Å². The molecule has 1 N–H and O–H groups in total. The van der Waals surface area contributed by atoms with Crippen molar-refractivity contribution >= 4 is 33.2 Å². The highest BCUT2D eigenvalue weighted by Gasteiger charge is 2.33. The average molecular weight is 601 g/mol. The molecule has 10 heteroatoms. The molecule has 4 aromatic carbocycles. The third kappa shape index (κ3) is 7.48. The summed E-state index contributed by atoms with van der Waals surface area (Å²) in [6, 6.07) is 20.1. The molecule has 0 fully saturated rings. The van der Waals surface area contributed by atoms with Crippen LogP contribution in [-0.2, 0) is 27.7 Å². The van der Waals surface area contributed by atoms with Crippen LogP contribution in [0.25, 0.3) is 0 Å². The highest BCUT2D eigenvalue weighted by molar-refractivity contribution is 7.92. The molecule has 4 aromatic rings. The maximum Gasteiger partial charge on any atom is 0.264 e. The summed E-state index contributed by atoms with van der Waals surface area (Å²) < 4.78 is 72.2. The van der Waals surface area contributed by atoms with Crippen LogP contribution in [0, 0.1) is 17.5 Å². The third-order valence-electron chi connectivity index (χ3n) is 6.62. The highest BCUT2D eigenvalue weighted by atomic mass is 35.5. The number of hydrogen-bond acceptors (Lipinski definition) is 3. The fourth-order valence-electron chi connectivity index (χ4n) is 4.57. The van der Waals surface area contributed by atoms with Crippen molar-refractivity contribution < 1.29 is 26.4 Å². The third-order valence-corrected chi connectivity index (χ3v) is 8.77. The number of rotatable bonds is 11. The van der Waals surface area contributed by atoms with Crippen LogP contribution < -0.4 is 9.62 Å². The summed E-state index contributed by atoms with van der Waals surface area (Å²) in [5.41, 5.74) is 1.26. The summed E-state index contributed by atoms with van der Waals surface area (Å²) in [5, 5.41) is 3.13. The molecule has 0 aliphatic rings. The molecule has 0 unspecified atom stereocenters. The fourth-order valence-corrected chi connectivity index (χ4v) is 6.34. The van der Waals surface area contributed by atoms with Gasteiger partial charge in [0, 0.05) is 24.1 Å². The normalized spacial score (nSPS) is 12.1. The fraction of sp³-hybridized carbons (Fsp3) is 0.194. The Morgan fingerprint density at radius 2 is 1.54 bits per heavy atom. The van der Waals surface area contributed by atoms with E-state index in [0.717, 1.165) is 34.1 Å². The molecule has 0 spiro atoms. The van der Waals surface area contributed by atoms with Crippen LogP contribution in [0.2, 0.25) is 5.02 Å². The van der Waals surface area contributed by atoms with Crippen molar-refractivity contribution in [2.45, 2.75) is 37.1 Å². The molecule has 0 aliphatic heterocycles. The van der Waals surface area contributed by atoms with Gasteiger partial charge in [-0.15, -0.1) is 0 Å². The first-order valence-corrected chi connectivity index (χ1v) is 14.7. The molecule has 0 heterocycles. The number of amides is 1. The molecule has 1 atom stereocenters. The molecule has 214 valence electrons. The number of anilines is 1. The Hall–Kier alpha value is -3.82. The van der Waals surface area contributed by atoms with Gasteiger partial charge in [0.15, 0.2) is 0 Å². The minimum absolute atomic E-state index is 0.0101. The Balaban J connectivity index is 1.63. The van der Waals surface area contributed by atoms with E-state index in [1.165, 1.54) is 43.3 Å². The van der Waals surface area contributed by atoms with Gasteiger partial charge in [0.2, 0.25) is 5.91 Å². The van der Waals surface area contributed by atoms with Gasteiger partial charge in [-0.05, 0) is 85.0 Å². The predicted molar refractivity (Wildman–Crippen MR) is 154 cm³/mol. The van der Waals surface area contributed by atoms with Gasteiger partial charge in [0.1, 0.15) is 17.5 Å². The Morgan fingerprint density at radius 1 is 0.878 bits per heavy atom. The quantitative estimate of drug-likeness (QED) is 0.201. The van der Waals surface area contributed by atoms with E-state index in [-0.39, 0.29) is 23.6 Å². The number of halogens is 4. The number of nitrogens with one attached hydrogen (secondary N) is 1. The molecule has 0 saturated heterocycles. The SMILES string of the molecule is C[C@H](c1ccc(F)cc1CCC(=O)NCCc1ccccc1)N(c1cc(F)ccc1F)S(=O)(=O)c1ccc(Cl)cc1. The maximum absolute atomic E-state index is 15.1. The zero-order valence-electron chi connectivity index (χ0n) is 22.2. The number of nitrogens with zero attached hydrogens (tertiary/aromatic N) is 1. The Labute approximate surface area is 242 Å². The summed E-state index contributed by atoms with van der Waals surface area (Å²) in [7, 11) is -4.46. The second-order valence-corrected chi connectivity index (χ2v) is 11.7. The minimum atomic E-state index is -4.46. The second kappa shape index (κ2) is 13.2. The van der Waals surface area contributed by atoms with E-state index in [0.29, 0.717) is 29.1 Å². The molecule has 0 aromatic heterocycles. The molecule has 0 aliphatic carbocycles. The number of aryl methyl sites for hydroxylation is 1. The molecule has 0 radical (unpaired) electrons. The molecule has 0 bridgehead atoms. The first-order valence-electron chi connectivity index (χ1n) is 12.9. The molecule has 4 rings (SSSR count). The van der Waals surface area contributed by atoms with E-state index in [1.807, 2.05) is 30.3 Å². The Morgan fingerprint density at radius 3 is 2.24 bits per heavy atom. The Bertz CT molecular complexity index is 1620. The average Bonchev–Trinajstić information content (AvgIpc) is 2.94. The zero-order chi connectivity index (χ0) is 29.6. The van der Waals surface area contributed by atoms with Gasteiger partial charge in [0.25, 0.3) is 10.0 Å². The predicted octanol–water partition coefficient (Wildman–Crippen LogP) is 7.01. The standard InChI is InChI=1S/C31H28ClF3N2O3S/c1-21(37(30-20-26(34)11-15-29(30)35)41(39,40)27-12-8-24(32)9-13-27)28-14-10-25(33)19-23(28)7-16-31(38)36-18-17-22-5-3-2-4-6-22/h2-6,8-15,19-21H,7,16-18H2,1H3,(H,36,38)/t21-/m1/s1. The lowest BCUT2D eigenvalue weighted by molar-refractivity contribution is -0.121. The van der Waals surface area contributed by atoms with Gasteiger partial charge in [-0.2, -0.15) is 0 Å². The first-order chi connectivity index (χ1) is 19.6. The monoisotopic (exact) mass is 600 g/mol. The van der Waals surface area contributed by atoms with Crippen LogP contribution in [0.1, 0.15) is 36.1 Å². The second-order valence-electron chi connectivity index (χ2n) is 9.46. The lowest BCUT2D eigenvalue weighted by Gasteiger charge is -2.32. The number of carbonyl (C=O) groups is 1. The van der Waals surface area contributed by atoms with Gasteiger partial charge in [-0.3, -0.25) is 9.10 Å². The number of hydrogen-bond donors (Lipinski definition) is 1. The first kappa shape index (κ1) is 30.1. The van der Waals surface area contributed by atoms with E-state index >= 15 is 4.39 Å². The Kier molecular flexibility index (Phi) is 9.73. The summed E-state index contributed by atoms with van der Waals surface area (Å²) in [6.45, 7) is 1.91. The lowest BCUT2D eigenvalue weighted by Crippen LogP contribution is -2.35. The molecular weight excluding hydrogens is 573 g/mol. The zero-order valence-corrected chi connectivity index (χ0v) is 23.7. The number of sulfonamides is 1. The van der Waals surface area contributed by atoms with Crippen LogP contribution in [0.5, 0.6) is 0 Å². The van der Waals surface area contributed by atoms with Crippen LogP contribution in [0.3, 0.4) is 0 Å². The van der Waals surface area contributed by atoms with Crippen molar-refractivity contribution in [3.8, 4) is 0 Å². The van der Waals surface area contributed by atoms with Gasteiger partial charge in [-0.1, -0.05) is 48.0 Å². The van der Waals surface area contributed by atoms with Gasteiger partial charge in [0.05, 0.1) is 16.6 Å². The maximum atomic E-state index is 15.1. The van der Waals surface area contributed by atoms with Crippen molar-refractivity contribution in [3.63, 3.8) is 0 Å². The molecule has 41 heavy (non-hydrogen) atoms. The topological polar surface area (TPSA) is 66.5 Å². The molecule has 0 saturated carbocycles. The summed E-state index contributed by atoms with van der Waals surface area (Å²) >= 11 is 5.94. The van der Waals surface area contributed by atoms with Crippen LogP contribution in [0.15, 0.2) is 95.9 Å². The summed E-state index contributed by atoms with van der Waals surface area (Å²) in [4.78, 5) is 12.4. The minimum Gasteiger partial charge on any atom is -0.356 e. The summed E-state index contributed by atoms with van der Waals surface area (Å²) in [5.74, 6) is -2.64. The van der Waals surface area contributed by atoms with Crippen LogP contribution in [0.4, 0.5) is 18.9 Å². The molecule has 1 amide bonds. The van der Waals surface area contributed by atoms with Crippen molar-refractivity contribution in [2.24, 2.45) is 0 Å². The van der Waals surface area contributed by atoms with Crippen LogP contribution in [-0.4, -0.2) is 20.9 Å². The highest BCUT2D eigenvalue weighted by Crippen LogP contribution is 2.37. The van der Waals surface area contributed by atoms with Crippen molar-refractivity contribution in [1.29, 1.82) is 0 Å². The van der Waals surface area contributed by atoms with Crippen molar-refractivity contribution in [2.75, 3.05) is 10.8 Å². The smallest absolute Gasteiger partial charge is 0.264 e. The van der Waals surface area contributed by atoms with E-state index in [9.17, 15) is 22.0 Å². The van der Waals surface area contributed by atoms with Crippen LogP contribution >= 0.6 is 11.6 Å². The molecule has 5 nitrogen and oxygen atoms in total. The number of carbonyl (C=O) groups excluding carboxylic acids is 1. The van der Waals surface area contributed by atoms with E-state index < -0.39 is 39.2 Å². The van der Waals surface area contributed by atoms with E-state index in [4.69, 9.17) is 11.6 Å². The van der Waals surface area contributed by atoms with E-state index in [1.54, 1.807) is 0 Å².